The number of carbonyl (C=O) groups is 1. The first kappa shape index (κ1) is 16.8. The Kier molecular flexibility index (Phi) is 8.24. The maximum absolute atomic E-state index is 13.2. The van der Waals surface area contributed by atoms with E-state index in [0.717, 1.165) is 18.2 Å². The van der Waals surface area contributed by atoms with Crippen LogP contribution < -0.4 is 10.6 Å². The molecule has 0 fully saturated rings. The molecule has 2 N–H and O–H groups in total. The summed E-state index contributed by atoms with van der Waals surface area (Å²) in [7, 11) is 1.79. The van der Waals surface area contributed by atoms with Gasteiger partial charge in [-0.15, -0.1) is 12.4 Å². The summed E-state index contributed by atoms with van der Waals surface area (Å²) in [6.45, 7) is 1.21. The third-order valence-electron chi connectivity index (χ3n) is 2.33. The van der Waals surface area contributed by atoms with Gasteiger partial charge in [0.05, 0.1) is 0 Å². The summed E-state index contributed by atoms with van der Waals surface area (Å²) in [5.41, 5.74) is 0.230. The molecular weight excluding hydrogens is 262 g/mol. The molecule has 0 aromatic heterocycles. The van der Waals surface area contributed by atoms with Gasteiger partial charge >= 0.3 is 0 Å². The van der Waals surface area contributed by atoms with Crippen LogP contribution in [0.2, 0.25) is 0 Å². The van der Waals surface area contributed by atoms with Gasteiger partial charge in [0, 0.05) is 19.5 Å². The molecule has 0 saturated heterocycles. The van der Waals surface area contributed by atoms with Crippen molar-refractivity contribution in [2.24, 2.45) is 0 Å². The number of likely N-dealkylation sites (N-methyl/N-ethyl adjacent to an activating group) is 1. The van der Waals surface area contributed by atoms with Gasteiger partial charge < -0.3 is 10.6 Å². The number of hydrogen-bond donors (Lipinski definition) is 2. The molecule has 0 aliphatic carbocycles. The fourth-order valence-electron chi connectivity index (χ4n) is 1.40. The Morgan fingerprint density at radius 2 is 2.00 bits per heavy atom. The van der Waals surface area contributed by atoms with Crippen LogP contribution in [0.1, 0.15) is 12.0 Å². The van der Waals surface area contributed by atoms with Crippen molar-refractivity contribution in [2.45, 2.75) is 12.8 Å². The second kappa shape index (κ2) is 8.83. The Morgan fingerprint density at radius 3 is 2.67 bits per heavy atom. The minimum atomic E-state index is -0.489. The fourth-order valence-corrected chi connectivity index (χ4v) is 1.40. The molecule has 0 aliphatic rings. The minimum Gasteiger partial charge on any atom is -0.355 e. The Balaban J connectivity index is 0.00000289. The highest BCUT2D eigenvalue weighted by molar-refractivity contribution is 5.85. The quantitative estimate of drug-likeness (QED) is 0.777. The molecule has 1 aromatic carbocycles. The molecule has 0 atom stereocenters. The van der Waals surface area contributed by atoms with Crippen molar-refractivity contribution in [1.29, 1.82) is 0 Å². The van der Waals surface area contributed by atoms with Gasteiger partial charge in [-0.05, 0) is 37.2 Å². The Bertz CT molecular complexity index is 388. The Hall–Kier alpha value is -1.20. The second-order valence-electron chi connectivity index (χ2n) is 3.69. The zero-order valence-corrected chi connectivity index (χ0v) is 10.9. The van der Waals surface area contributed by atoms with Gasteiger partial charge in [0.1, 0.15) is 11.6 Å². The van der Waals surface area contributed by atoms with Gasteiger partial charge in [-0.25, -0.2) is 8.78 Å². The lowest BCUT2D eigenvalue weighted by Gasteiger charge is -2.05. The van der Waals surface area contributed by atoms with E-state index in [-0.39, 0.29) is 36.7 Å². The first-order valence-electron chi connectivity index (χ1n) is 5.48. The van der Waals surface area contributed by atoms with E-state index in [2.05, 4.69) is 10.6 Å². The molecule has 0 aliphatic heterocycles. The maximum Gasteiger partial charge on any atom is 0.220 e. The normalized spacial score (nSPS) is 9.72. The fraction of sp³-hybridized carbons (Fsp3) is 0.417. The predicted octanol–water partition coefficient (Wildman–Crippen LogP) is 1.65. The molecule has 6 heteroatoms. The molecule has 3 nitrogen and oxygen atoms in total. The molecule has 0 unspecified atom stereocenters. The van der Waals surface area contributed by atoms with Crippen LogP contribution in [0, 0.1) is 11.6 Å². The van der Waals surface area contributed by atoms with E-state index in [1.165, 1.54) is 0 Å². The van der Waals surface area contributed by atoms with E-state index >= 15 is 0 Å². The molecule has 1 amide bonds. The summed E-state index contributed by atoms with van der Waals surface area (Å²) in [6.07, 6.45) is 0.360. The lowest BCUT2D eigenvalue weighted by atomic mass is 10.1. The molecule has 0 heterocycles. The van der Waals surface area contributed by atoms with Crippen molar-refractivity contribution < 1.29 is 13.6 Å². The monoisotopic (exact) mass is 278 g/mol. The van der Waals surface area contributed by atoms with E-state index in [1.54, 1.807) is 7.05 Å². The number of hydrogen-bond acceptors (Lipinski definition) is 2. The molecule has 0 saturated carbocycles. The Labute approximate surface area is 111 Å². The topological polar surface area (TPSA) is 41.1 Å². The number of carbonyl (C=O) groups excluding carboxylic acids is 1. The highest BCUT2D eigenvalue weighted by Crippen LogP contribution is 2.11. The molecule has 0 bridgehead atoms. The largest absolute Gasteiger partial charge is 0.355 e. The van der Waals surface area contributed by atoms with Crippen LogP contribution in [0.15, 0.2) is 18.2 Å². The average molecular weight is 279 g/mol. The average Bonchev–Trinajstić information content (AvgIpc) is 2.31. The predicted molar refractivity (Wildman–Crippen MR) is 68.9 cm³/mol. The van der Waals surface area contributed by atoms with Gasteiger partial charge in [0.2, 0.25) is 5.91 Å². The van der Waals surface area contributed by atoms with E-state index in [1.807, 2.05) is 0 Å². The summed E-state index contributed by atoms with van der Waals surface area (Å²) in [5.74, 6) is -1.13. The van der Waals surface area contributed by atoms with E-state index < -0.39 is 11.6 Å². The van der Waals surface area contributed by atoms with Crippen molar-refractivity contribution in [1.82, 2.24) is 10.6 Å². The third kappa shape index (κ3) is 5.93. The van der Waals surface area contributed by atoms with E-state index in [9.17, 15) is 13.6 Å². The molecule has 102 valence electrons. The van der Waals surface area contributed by atoms with E-state index in [4.69, 9.17) is 0 Å². The van der Waals surface area contributed by atoms with Crippen LogP contribution in [-0.4, -0.2) is 26.0 Å². The second-order valence-corrected chi connectivity index (χ2v) is 3.69. The number of benzene rings is 1. The summed E-state index contributed by atoms with van der Waals surface area (Å²) < 4.78 is 26.1. The van der Waals surface area contributed by atoms with Gasteiger partial charge in [-0.1, -0.05) is 0 Å². The number of aryl methyl sites for hydroxylation is 1. The van der Waals surface area contributed by atoms with Crippen LogP contribution in [0.3, 0.4) is 0 Å². The zero-order valence-electron chi connectivity index (χ0n) is 10.1. The summed E-state index contributed by atoms with van der Waals surface area (Å²) in [6, 6.07) is 3.26. The van der Waals surface area contributed by atoms with Crippen LogP contribution in [0.25, 0.3) is 0 Å². The van der Waals surface area contributed by atoms with Crippen LogP contribution in [-0.2, 0) is 11.2 Å². The van der Waals surface area contributed by atoms with Crippen molar-refractivity contribution in [2.75, 3.05) is 20.1 Å². The molecule has 18 heavy (non-hydrogen) atoms. The minimum absolute atomic E-state index is 0. The smallest absolute Gasteiger partial charge is 0.220 e. The van der Waals surface area contributed by atoms with Crippen LogP contribution >= 0.6 is 12.4 Å². The number of rotatable bonds is 6. The summed E-state index contributed by atoms with van der Waals surface area (Å²) in [4.78, 5) is 11.3. The standard InChI is InChI=1S/C12H16F2N2O.ClH/c1-15-6-7-16-12(17)5-2-9-8-10(13)3-4-11(9)14;/h3-4,8,15H,2,5-7H2,1H3,(H,16,17);1H. The Morgan fingerprint density at radius 1 is 1.28 bits per heavy atom. The van der Waals surface area contributed by atoms with Crippen molar-refractivity contribution >= 4 is 18.3 Å². The van der Waals surface area contributed by atoms with Gasteiger partial charge in [0.15, 0.2) is 0 Å². The zero-order chi connectivity index (χ0) is 12.7. The first-order chi connectivity index (χ1) is 8.13. The summed E-state index contributed by atoms with van der Waals surface area (Å²) in [5, 5.41) is 5.56. The molecular formula is C12H17ClF2N2O. The molecule has 1 rings (SSSR count). The van der Waals surface area contributed by atoms with Gasteiger partial charge in [0.25, 0.3) is 0 Å². The first-order valence-corrected chi connectivity index (χ1v) is 5.48. The van der Waals surface area contributed by atoms with E-state index in [0.29, 0.717) is 13.1 Å². The number of halogens is 3. The molecule has 0 spiro atoms. The molecule has 0 radical (unpaired) electrons. The van der Waals surface area contributed by atoms with Crippen molar-refractivity contribution in [3.05, 3.63) is 35.4 Å². The SMILES string of the molecule is CNCCNC(=O)CCc1cc(F)ccc1F.Cl. The number of amides is 1. The van der Waals surface area contributed by atoms with Crippen LogP contribution in [0.4, 0.5) is 8.78 Å². The summed E-state index contributed by atoms with van der Waals surface area (Å²) >= 11 is 0. The highest BCUT2D eigenvalue weighted by atomic mass is 35.5. The van der Waals surface area contributed by atoms with Crippen molar-refractivity contribution in [3.8, 4) is 0 Å². The van der Waals surface area contributed by atoms with Crippen molar-refractivity contribution in [3.63, 3.8) is 0 Å². The highest BCUT2D eigenvalue weighted by Gasteiger charge is 2.06. The lowest BCUT2D eigenvalue weighted by Crippen LogP contribution is -2.30. The lowest BCUT2D eigenvalue weighted by molar-refractivity contribution is -0.121. The third-order valence-corrected chi connectivity index (χ3v) is 2.33. The van der Waals surface area contributed by atoms with Gasteiger partial charge in [-0.3, -0.25) is 4.79 Å². The van der Waals surface area contributed by atoms with Gasteiger partial charge in [-0.2, -0.15) is 0 Å². The maximum atomic E-state index is 13.2. The van der Waals surface area contributed by atoms with Crippen LogP contribution in [0.5, 0.6) is 0 Å². The molecule has 1 aromatic rings. The number of nitrogens with one attached hydrogen (secondary N) is 2.